The van der Waals surface area contributed by atoms with Crippen molar-refractivity contribution in [2.24, 2.45) is 17.4 Å². The smallest absolute Gasteiger partial charge is 0.246 e. The van der Waals surface area contributed by atoms with Crippen molar-refractivity contribution in [3.63, 3.8) is 0 Å². The Morgan fingerprint density at radius 1 is 1.38 bits per heavy atom. The first-order valence-electron chi connectivity index (χ1n) is 6.13. The molecule has 0 aromatic carbocycles. The highest BCUT2D eigenvalue weighted by Crippen LogP contribution is 2.08. The molecule has 0 heterocycles. The third-order valence-electron chi connectivity index (χ3n) is 2.42. The molecule has 4 heteroatoms. The maximum absolute atomic E-state index is 11.1. The zero-order valence-corrected chi connectivity index (χ0v) is 10.7. The van der Waals surface area contributed by atoms with Gasteiger partial charge in [-0.2, -0.15) is 0 Å². The fourth-order valence-corrected chi connectivity index (χ4v) is 1.61. The number of carbonyl (C=O) groups excluding carboxylic acids is 1. The van der Waals surface area contributed by atoms with Crippen molar-refractivity contribution in [3.8, 4) is 0 Å². The van der Waals surface area contributed by atoms with Crippen LogP contribution in [0.3, 0.4) is 0 Å². The van der Waals surface area contributed by atoms with Crippen LogP contribution in [0.15, 0.2) is 0 Å². The standard InChI is InChI=1S/C12H26N2O2/c1-4-5-6-11(12(14)15)16-8-10(13)7-9(2)3/h9-11H,4-8,13H2,1-3H3,(H2,14,15)/t10-,11-/m0/s1. The van der Waals surface area contributed by atoms with Crippen LogP contribution < -0.4 is 11.5 Å². The van der Waals surface area contributed by atoms with E-state index in [-0.39, 0.29) is 11.9 Å². The van der Waals surface area contributed by atoms with Crippen molar-refractivity contribution >= 4 is 5.91 Å². The molecular weight excluding hydrogens is 204 g/mol. The predicted molar refractivity (Wildman–Crippen MR) is 65.9 cm³/mol. The molecule has 16 heavy (non-hydrogen) atoms. The average Bonchev–Trinajstić information content (AvgIpc) is 2.16. The second kappa shape index (κ2) is 8.53. The number of unbranched alkanes of at least 4 members (excludes halogenated alkanes) is 1. The summed E-state index contributed by atoms with van der Waals surface area (Å²) in [7, 11) is 0. The van der Waals surface area contributed by atoms with Crippen LogP contribution >= 0.6 is 0 Å². The molecule has 1 amide bonds. The first kappa shape index (κ1) is 15.4. The molecule has 0 aromatic heterocycles. The normalized spacial score (nSPS) is 15.1. The molecule has 0 radical (unpaired) electrons. The third kappa shape index (κ3) is 7.65. The minimum absolute atomic E-state index is 0.0107. The number of rotatable bonds is 9. The Kier molecular flexibility index (Phi) is 8.21. The van der Waals surface area contributed by atoms with Crippen molar-refractivity contribution in [3.05, 3.63) is 0 Å². The van der Waals surface area contributed by atoms with Gasteiger partial charge in [0.1, 0.15) is 6.10 Å². The van der Waals surface area contributed by atoms with Gasteiger partial charge in [0.2, 0.25) is 5.91 Å². The molecular formula is C12H26N2O2. The highest BCUT2D eigenvalue weighted by molar-refractivity contribution is 5.78. The van der Waals surface area contributed by atoms with Gasteiger partial charge in [0.15, 0.2) is 0 Å². The van der Waals surface area contributed by atoms with Gasteiger partial charge in [0.25, 0.3) is 0 Å². The lowest BCUT2D eigenvalue weighted by atomic mass is 10.1. The van der Waals surface area contributed by atoms with Crippen LogP contribution in [0.4, 0.5) is 0 Å². The molecule has 0 rings (SSSR count). The van der Waals surface area contributed by atoms with E-state index in [9.17, 15) is 4.79 Å². The number of primary amides is 1. The third-order valence-corrected chi connectivity index (χ3v) is 2.42. The molecule has 4 nitrogen and oxygen atoms in total. The molecule has 4 N–H and O–H groups in total. The van der Waals surface area contributed by atoms with Crippen LogP contribution in [0, 0.1) is 5.92 Å². The number of hydrogen-bond acceptors (Lipinski definition) is 3. The summed E-state index contributed by atoms with van der Waals surface area (Å²) in [5.74, 6) is 0.159. The first-order valence-corrected chi connectivity index (χ1v) is 6.13. The van der Waals surface area contributed by atoms with E-state index in [1.165, 1.54) is 0 Å². The van der Waals surface area contributed by atoms with Crippen LogP contribution in [-0.2, 0) is 9.53 Å². The van der Waals surface area contributed by atoms with Gasteiger partial charge in [-0.15, -0.1) is 0 Å². The van der Waals surface area contributed by atoms with Crippen LogP contribution in [0.25, 0.3) is 0 Å². The van der Waals surface area contributed by atoms with E-state index in [4.69, 9.17) is 16.2 Å². The largest absolute Gasteiger partial charge is 0.367 e. The van der Waals surface area contributed by atoms with E-state index in [2.05, 4.69) is 20.8 Å². The summed E-state index contributed by atoms with van der Waals surface area (Å²) < 4.78 is 5.47. The molecule has 2 atom stereocenters. The zero-order valence-electron chi connectivity index (χ0n) is 10.7. The Balaban J connectivity index is 3.87. The molecule has 0 spiro atoms. The lowest BCUT2D eigenvalue weighted by molar-refractivity contribution is -0.130. The van der Waals surface area contributed by atoms with Crippen molar-refractivity contribution in [2.45, 2.75) is 58.6 Å². The molecule has 0 saturated heterocycles. The predicted octanol–water partition coefficient (Wildman–Crippen LogP) is 1.42. The SMILES string of the molecule is CCCC[C@H](OC[C@@H](N)CC(C)C)C(N)=O. The maximum atomic E-state index is 11.1. The summed E-state index contributed by atoms with van der Waals surface area (Å²) in [5.41, 5.74) is 11.1. The van der Waals surface area contributed by atoms with Gasteiger partial charge in [0, 0.05) is 6.04 Å². The lowest BCUT2D eigenvalue weighted by Crippen LogP contribution is -2.36. The summed E-state index contributed by atoms with van der Waals surface area (Å²) in [6, 6.07) is -0.0107. The number of amides is 1. The van der Waals surface area contributed by atoms with E-state index in [0.29, 0.717) is 18.9 Å². The van der Waals surface area contributed by atoms with Crippen LogP contribution in [0.1, 0.15) is 46.5 Å². The molecule has 0 fully saturated rings. The molecule has 0 aromatic rings. The van der Waals surface area contributed by atoms with Crippen LogP contribution in [0.5, 0.6) is 0 Å². The number of nitrogens with two attached hydrogens (primary N) is 2. The van der Waals surface area contributed by atoms with Crippen LogP contribution in [-0.4, -0.2) is 24.7 Å². The van der Waals surface area contributed by atoms with Crippen molar-refractivity contribution in [1.82, 2.24) is 0 Å². The lowest BCUT2D eigenvalue weighted by Gasteiger charge is -2.18. The van der Waals surface area contributed by atoms with Crippen molar-refractivity contribution in [2.75, 3.05) is 6.61 Å². The second-order valence-electron chi connectivity index (χ2n) is 4.76. The quantitative estimate of drug-likeness (QED) is 0.629. The van der Waals surface area contributed by atoms with E-state index in [1.54, 1.807) is 0 Å². The first-order chi connectivity index (χ1) is 7.47. The summed E-state index contributed by atoms with van der Waals surface area (Å²) in [6.45, 7) is 6.71. The monoisotopic (exact) mass is 230 g/mol. The molecule has 0 bridgehead atoms. The molecule has 0 aliphatic carbocycles. The van der Waals surface area contributed by atoms with Crippen molar-refractivity contribution < 1.29 is 9.53 Å². The van der Waals surface area contributed by atoms with Gasteiger partial charge in [-0.05, 0) is 18.8 Å². The van der Waals surface area contributed by atoms with Crippen LogP contribution in [0.2, 0.25) is 0 Å². The maximum Gasteiger partial charge on any atom is 0.246 e. The Bertz CT molecular complexity index is 195. The highest BCUT2D eigenvalue weighted by atomic mass is 16.5. The Hall–Kier alpha value is -0.610. The van der Waals surface area contributed by atoms with Gasteiger partial charge in [-0.3, -0.25) is 4.79 Å². The van der Waals surface area contributed by atoms with Gasteiger partial charge >= 0.3 is 0 Å². The van der Waals surface area contributed by atoms with Crippen molar-refractivity contribution in [1.29, 1.82) is 0 Å². The molecule has 0 unspecified atom stereocenters. The Morgan fingerprint density at radius 2 is 2.00 bits per heavy atom. The van der Waals surface area contributed by atoms with Gasteiger partial charge in [0.05, 0.1) is 6.61 Å². The molecule has 0 aliphatic rings. The molecule has 96 valence electrons. The fraction of sp³-hybridized carbons (Fsp3) is 0.917. The Morgan fingerprint density at radius 3 is 2.44 bits per heavy atom. The topological polar surface area (TPSA) is 78.3 Å². The van der Waals surface area contributed by atoms with E-state index in [0.717, 1.165) is 19.3 Å². The fourth-order valence-electron chi connectivity index (χ4n) is 1.61. The zero-order chi connectivity index (χ0) is 12.6. The minimum atomic E-state index is -0.474. The summed E-state index contributed by atoms with van der Waals surface area (Å²) >= 11 is 0. The number of ether oxygens (including phenoxy) is 1. The Labute approximate surface area is 98.7 Å². The highest BCUT2D eigenvalue weighted by Gasteiger charge is 2.16. The molecule has 0 saturated carbocycles. The minimum Gasteiger partial charge on any atom is -0.367 e. The van der Waals surface area contributed by atoms with Gasteiger partial charge in [-0.25, -0.2) is 0 Å². The second-order valence-corrected chi connectivity index (χ2v) is 4.76. The average molecular weight is 230 g/mol. The van der Waals surface area contributed by atoms with Gasteiger partial charge in [-0.1, -0.05) is 33.6 Å². The number of hydrogen-bond donors (Lipinski definition) is 2. The summed E-state index contributed by atoms with van der Waals surface area (Å²) in [6.07, 6.45) is 3.11. The van der Waals surface area contributed by atoms with Gasteiger partial charge < -0.3 is 16.2 Å². The van der Waals surface area contributed by atoms with E-state index in [1.807, 2.05) is 0 Å². The number of carbonyl (C=O) groups is 1. The summed E-state index contributed by atoms with van der Waals surface area (Å²) in [5, 5.41) is 0. The van der Waals surface area contributed by atoms with E-state index < -0.39 is 6.10 Å². The summed E-state index contributed by atoms with van der Waals surface area (Å²) in [4.78, 5) is 11.1. The van der Waals surface area contributed by atoms with E-state index >= 15 is 0 Å². The molecule has 0 aliphatic heterocycles.